The van der Waals surface area contributed by atoms with Crippen LogP contribution >= 0.6 is 11.6 Å². The van der Waals surface area contributed by atoms with Crippen molar-refractivity contribution in [3.05, 3.63) is 33.1 Å². The number of aliphatic hydroxyl groups excluding tert-OH is 2. The molecular weight excluding hydrogens is 570 g/mol. The fourth-order valence-electron chi connectivity index (χ4n) is 6.47. The lowest BCUT2D eigenvalue weighted by Crippen LogP contribution is -2.65. The number of primary amides is 1. The number of ketones is 2. The van der Waals surface area contributed by atoms with E-state index in [0.717, 1.165) is 6.42 Å². The summed E-state index contributed by atoms with van der Waals surface area (Å²) in [7, 11) is 6.43. The number of hydrogen-bond donors (Lipinski definition) is 7. The summed E-state index contributed by atoms with van der Waals surface area (Å²) in [4.78, 5) is 55.2. The third-order valence-electron chi connectivity index (χ3n) is 8.23. The van der Waals surface area contributed by atoms with Crippen LogP contribution in [-0.4, -0.2) is 102 Å². The van der Waals surface area contributed by atoms with Crippen LogP contribution in [0, 0.1) is 11.8 Å². The van der Waals surface area contributed by atoms with Crippen molar-refractivity contribution < 1.29 is 39.6 Å². The van der Waals surface area contributed by atoms with Crippen molar-refractivity contribution in [2.75, 3.05) is 51.5 Å². The molecule has 3 aliphatic rings. The average Bonchev–Trinajstić information content (AvgIpc) is 2.88. The van der Waals surface area contributed by atoms with Gasteiger partial charge in [-0.3, -0.25) is 24.1 Å². The minimum Gasteiger partial charge on any atom is -0.508 e. The van der Waals surface area contributed by atoms with Gasteiger partial charge in [0.15, 0.2) is 17.1 Å². The number of phenolic OH excluding ortho intramolecular Hbond substituents is 1. The highest BCUT2D eigenvalue weighted by molar-refractivity contribution is 6.37. The number of hydrogen-bond acceptors (Lipinski definition) is 11. The summed E-state index contributed by atoms with van der Waals surface area (Å²) in [6.45, 7) is 2.45. The number of nitrogens with two attached hydrogens (primary N) is 1. The molecular formula is C28H36ClN5O8. The van der Waals surface area contributed by atoms with Gasteiger partial charge in [0.1, 0.15) is 22.8 Å². The highest BCUT2D eigenvalue weighted by Crippen LogP contribution is 2.56. The summed E-state index contributed by atoms with van der Waals surface area (Å²) < 4.78 is 0. The molecule has 0 saturated heterocycles. The topological polar surface area (TPSA) is 206 Å². The Morgan fingerprint density at radius 1 is 1.14 bits per heavy atom. The van der Waals surface area contributed by atoms with E-state index in [1.807, 2.05) is 6.92 Å². The van der Waals surface area contributed by atoms with Crippen LogP contribution in [-0.2, 0) is 25.6 Å². The van der Waals surface area contributed by atoms with Gasteiger partial charge in [0, 0.05) is 25.6 Å². The zero-order valence-electron chi connectivity index (χ0n) is 24.0. The average molecular weight is 606 g/mol. The SMILES string of the molecule is CCCNCC(=O)Nc1c(O)c2c(c(N(C)C)c1Cl)CC1CC3[C@H](N(C)C)C(=O)C(C(N)=O)=C(O)[C@@]3(O)C(=O)C1=C2O. The van der Waals surface area contributed by atoms with Crippen LogP contribution in [0.4, 0.5) is 11.4 Å². The molecule has 0 spiro atoms. The van der Waals surface area contributed by atoms with Crippen molar-refractivity contribution in [1.29, 1.82) is 0 Å². The predicted octanol–water partition coefficient (Wildman–Crippen LogP) is 0.622. The van der Waals surface area contributed by atoms with E-state index < -0.39 is 69.7 Å². The molecule has 1 fully saturated rings. The Balaban J connectivity index is 1.94. The lowest BCUT2D eigenvalue weighted by molar-refractivity contribution is -0.153. The van der Waals surface area contributed by atoms with Crippen LogP contribution in [0.25, 0.3) is 5.76 Å². The number of fused-ring (bicyclic) bond motifs is 3. The van der Waals surface area contributed by atoms with E-state index in [1.54, 1.807) is 19.0 Å². The number of likely N-dealkylation sites (N-methyl/N-ethyl adjacent to an activating group) is 1. The molecule has 1 aromatic rings. The molecule has 13 nitrogen and oxygen atoms in total. The van der Waals surface area contributed by atoms with Gasteiger partial charge in [0.05, 0.1) is 28.9 Å². The van der Waals surface area contributed by atoms with Gasteiger partial charge < -0.3 is 41.7 Å². The highest BCUT2D eigenvalue weighted by Gasteiger charge is 2.64. The van der Waals surface area contributed by atoms with Gasteiger partial charge in [-0.1, -0.05) is 18.5 Å². The number of carbonyl (C=O) groups excluding carboxylic acids is 4. The summed E-state index contributed by atoms with van der Waals surface area (Å²) in [5, 5.41) is 51.2. The second-order valence-electron chi connectivity index (χ2n) is 11.3. The summed E-state index contributed by atoms with van der Waals surface area (Å²) >= 11 is 6.71. The molecule has 4 rings (SSSR count). The second-order valence-corrected chi connectivity index (χ2v) is 11.7. The minimum absolute atomic E-state index is 0.0145. The minimum atomic E-state index is -2.75. The first-order chi connectivity index (χ1) is 19.6. The molecule has 8 N–H and O–H groups in total. The van der Waals surface area contributed by atoms with Crippen LogP contribution in [0.3, 0.4) is 0 Å². The van der Waals surface area contributed by atoms with Gasteiger partial charge in [-0.05, 0) is 51.4 Å². The lowest BCUT2D eigenvalue weighted by atomic mass is 9.57. The molecule has 228 valence electrons. The third kappa shape index (κ3) is 4.60. The first-order valence-corrected chi connectivity index (χ1v) is 13.9. The van der Waals surface area contributed by atoms with E-state index in [0.29, 0.717) is 17.8 Å². The van der Waals surface area contributed by atoms with E-state index in [2.05, 4.69) is 10.6 Å². The summed E-state index contributed by atoms with van der Waals surface area (Å²) in [6.07, 6.45) is 0.794. The smallest absolute Gasteiger partial charge is 0.255 e. The summed E-state index contributed by atoms with van der Waals surface area (Å²) in [5.41, 5.74) is 1.84. The monoisotopic (exact) mass is 605 g/mol. The quantitative estimate of drug-likeness (QED) is 0.124. The van der Waals surface area contributed by atoms with E-state index in [1.165, 1.54) is 19.0 Å². The summed E-state index contributed by atoms with van der Waals surface area (Å²) in [6, 6.07) is -1.19. The molecule has 42 heavy (non-hydrogen) atoms. The van der Waals surface area contributed by atoms with Crippen LogP contribution in [0.5, 0.6) is 5.75 Å². The molecule has 3 aliphatic carbocycles. The predicted molar refractivity (Wildman–Crippen MR) is 155 cm³/mol. The van der Waals surface area contributed by atoms with Gasteiger partial charge in [-0.15, -0.1) is 0 Å². The van der Waals surface area contributed by atoms with Gasteiger partial charge in [0.25, 0.3) is 5.91 Å². The third-order valence-corrected chi connectivity index (χ3v) is 8.59. The zero-order chi connectivity index (χ0) is 31.4. The van der Waals surface area contributed by atoms with E-state index in [4.69, 9.17) is 17.3 Å². The maximum Gasteiger partial charge on any atom is 0.255 e. The molecule has 0 radical (unpaired) electrons. The molecule has 14 heteroatoms. The van der Waals surface area contributed by atoms with Crippen molar-refractivity contribution in [3.8, 4) is 5.75 Å². The number of rotatable bonds is 8. The fraction of sp³-hybridized carbons (Fsp3) is 0.500. The van der Waals surface area contributed by atoms with Crippen LogP contribution in [0.2, 0.25) is 5.02 Å². The molecule has 0 heterocycles. The molecule has 1 aromatic carbocycles. The summed E-state index contributed by atoms with van der Waals surface area (Å²) in [5.74, 6) is -8.16. The van der Waals surface area contributed by atoms with Gasteiger partial charge in [0.2, 0.25) is 11.7 Å². The highest BCUT2D eigenvalue weighted by atomic mass is 35.5. The number of aliphatic hydroxyl groups is 3. The molecule has 0 aromatic heterocycles. The van der Waals surface area contributed by atoms with Gasteiger partial charge in [-0.2, -0.15) is 0 Å². The number of halogens is 1. The standard InChI is InChI=1S/C28H36ClN5O8/c1-6-7-31-10-14(35)32-19-18(29)20(33(2)3)12-8-11-9-13-21(34(4)5)24(38)17(27(30)41)26(40)28(13,42)25(39)15(11)22(36)16(12)23(19)37/h11,13,21,31,36-37,40,42H,6-10H2,1-5H3,(H2,30,41)(H,32,35)/t11?,13?,21-,28-/m0/s1. The number of Topliss-reactive ketones (excluding diaryl/α,β-unsaturated/α-hetero) is 2. The number of phenols is 1. The first-order valence-electron chi connectivity index (χ1n) is 13.5. The molecule has 4 atom stereocenters. The number of amides is 2. The van der Waals surface area contributed by atoms with Crippen molar-refractivity contribution >= 4 is 52.1 Å². The number of nitrogens with zero attached hydrogens (tertiary/aromatic N) is 2. The zero-order valence-corrected chi connectivity index (χ0v) is 24.8. The molecule has 0 aliphatic heterocycles. The second kappa shape index (κ2) is 11.2. The van der Waals surface area contributed by atoms with Crippen LogP contribution in [0.15, 0.2) is 16.9 Å². The Kier molecular flexibility index (Phi) is 8.35. The Labute approximate surface area is 247 Å². The van der Waals surface area contributed by atoms with Gasteiger partial charge in [-0.25, -0.2) is 0 Å². The number of benzene rings is 1. The first kappa shape index (κ1) is 31.3. The van der Waals surface area contributed by atoms with E-state index >= 15 is 0 Å². The Morgan fingerprint density at radius 3 is 2.33 bits per heavy atom. The van der Waals surface area contributed by atoms with Crippen molar-refractivity contribution in [2.45, 2.75) is 37.8 Å². The number of carbonyl (C=O) groups is 4. The number of anilines is 2. The fourth-order valence-corrected chi connectivity index (χ4v) is 6.89. The molecule has 0 bridgehead atoms. The van der Waals surface area contributed by atoms with Crippen molar-refractivity contribution in [1.82, 2.24) is 10.2 Å². The van der Waals surface area contributed by atoms with E-state index in [-0.39, 0.29) is 41.2 Å². The Morgan fingerprint density at radius 2 is 1.79 bits per heavy atom. The van der Waals surface area contributed by atoms with Crippen LogP contribution in [0.1, 0.15) is 30.9 Å². The number of aromatic hydroxyl groups is 1. The van der Waals surface area contributed by atoms with E-state index in [9.17, 15) is 39.6 Å². The Hall–Kier alpha value is -3.65. The largest absolute Gasteiger partial charge is 0.508 e. The molecule has 1 saturated carbocycles. The molecule has 2 unspecified atom stereocenters. The van der Waals surface area contributed by atoms with Crippen molar-refractivity contribution in [2.24, 2.45) is 17.6 Å². The number of nitrogens with one attached hydrogen (secondary N) is 2. The van der Waals surface area contributed by atoms with Crippen molar-refractivity contribution in [3.63, 3.8) is 0 Å². The molecule has 2 amide bonds. The maximum absolute atomic E-state index is 14.1. The maximum atomic E-state index is 14.1. The van der Waals surface area contributed by atoms with Gasteiger partial charge >= 0.3 is 0 Å². The Bertz CT molecular complexity index is 1450. The van der Waals surface area contributed by atoms with Crippen LogP contribution < -0.4 is 21.3 Å². The normalized spacial score (nSPS) is 25.3. The lowest BCUT2D eigenvalue weighted by Gasteiger charge is -2.50.